The molecule has 1 unspecified atom stereocenters. The van der Waals surface area contributed by atoms with Gasteiger partial charge in [-0.25, -0.2) is 0 Å². The molecule has 0 bridgehead atoms. The quantitative estimate of drug-likeness (QED) is 0.167. The van der Waals surface area contributed by atoms with Gasteiger partial charge >= 0.3 is 0 Å². The van der Waals surface area contributed by atoms with Crippen LogP contribution in [0, 0.1) is 0 Å². The highest BCUT2D eigenvalue weighted by molar-refractivity contribution is 6.21. The van der Waals surface area contributed by atoms with Gasteiger partial charge in [-0.3, -0.25) is 0 Å². The van der Waals surface area contributed by atoms with Crippen LogP contribution in [0.15, 0.2) is 200 Å². The topological polar surface area (TPSA) is 4.93 Å². The molecule has 58 heavy (non-hydrogen) atoms. The molecule has 266 valence electrons. The first-order valence-electron chi connectivity index (χ1n) is 20.3. The SMILES string of the molecule is c1ccc2c(c1)-c1cccc3c4c(cc-2c13)C1(c2ccccc2-c2ccc(-c3ccc5c(c3)c3ccccc3n5-c3ccc5ccccc5c3)cc21)c1ccccc1-4. The van der Waals surface area contributed by atoms with Gasteiger partial charge in [0, 0.05) is 16.5 Å². The van der Waals surface area contributed by atoms with E-state index in [0.717, 1.165) is 0 Å². The van der Waals surface area contributed by atoms with Crippen LogP contribution in [0.4, 0.5) is 0 Å². The summed E-state index contributed by atoms with van der Waals surface area (Å²) >= 11 is 0. The molecule has 10 aromatic carbocycles. The minimum Gasteiger partial charge on any atom is -0.309 e. The van der Waals surface area contributed by atoms with Crippen molar-refractivity contribution in [2.45, 2.75) is 5.41 Å². The summed E-state index contributed by atoms with van der Waals surface area (Å²) in [6.45, 7) is 0. The van der Waals surface area contributed by atoms with E-state index in [1.165, 1.54) is 127 Å². The summed E-state index contributed by atoms with van der Waals surface area (Å²) in [5.74, 6) is 0. The molecule has 1 heterocycles. The standard InChI is InChI=1S/C57H33N/c1-2-13-35-30-38(27-24-34(35)12-1)58-53-23-10-7-17-43(53)47-31-36(26-29-54(47)58)37-25-28-42-41-16-5-8-21-49(41)57(51(42)32-37)50-22-9-6-18-45(50)56-46-20-11-19-44-39-14-3-4-15-40(39)48(55(44)46)33-52(56)57/h1-33H. The third-order valence-corrected chi connectivity index (χ3v) is 13.7. The maximum Gasteiger partial charge on any atom is 0.0726 e. The second-order valence-corrected chi connectivity index (χ2v) is 16.3. The number of aromatic nitrogens is 1. The Hall–Kier alpha value is -7.48. The Morgan fingerprint density at radius 2 is 0.931 bits per heavy atom. The second kappa shape index (κ2) is 10.9. The molecule has 0 saturated carbocycles. The van der Waals surface area contributed by atoms with E-state index in [1.54, 1.807) is 0 Å². The highest BCUT2D eigenvalue weighted by atomic mass is 15.0. The molecule has 0 saturated heterocycles. The van der Waals surface area contributed by atoms with E-state index in [4.69, 9.17) is 0 Å². The second-order valence-electron chi connectivity index (χ2n) is 16.3. The molecule has 1 aromatic heterocycles. The zero-order chi connectivity index (χ0) is 37.7. The smallest absolute Gasteiger partial charge is 0.0726 e. The lowest BCUT2D eigenvalue weighted by Crippen LogP contribution is -2.26. The Morgan fingerprint density at radius 3 is 1.81 bits per heavy atom. The molecule has 1 atom stereocenters. The van der Waals surface area contributed by atoms with Crippen molar-refractivity contribution in [1.82, 2.24) is 4.57 Å². The van der Waals surface area contributed by atoms with Crippen molar-refractivity contribution >= 4 is 43.4 Å². The average molecular weight is 732 g/mol. The Balaban J connectivity index is 1.03. The van der Waals surface area contributed by atoms with E-state index in [-0.39, 0.29) is 0 Å². The third-order valence-electron chi connectivity index (χ3n) is 13.7. The first kappa shape index (κ1) is 30.7. The lowest BCUT2D eigenvalue weighted by Gasteiger charge is -2.31. The van der Waals surface area contributed by atoms with Crippen molar-refractivity contribution in [3.63, 3.8) is 0 Å². The van der Waals surface area contributed by atoms with E-state index in [2.05, 4.69) is 205 Å². The largest absolute Gasteiger partial charge is 0.309 e. The number of hydrogen-bond acceptors (Lipinski definition) is 0. The van der Waals surface area contributed by atoms with Crippen molar-refractivity contribution in [1.29, 1.82) is 0 Å². The van der Waals surface area contributed by atoms with Crippen LogP contribution in [-0.2, 0) is 5.41 Å². The van der Waals surface area contributed by atoms with Crippen LogP contribution in [-0.4, -0.2) is 4.57 Å². The van der Waals surface area contributed by atoms with Gasteiger partial charge < -0.3 is 4.57 Å². The molecule has 14 rings (SSSR count). The molecule has 0 aliphatic heterocycles. The minimum absolute atomic E-state index is 0.456. The molecule has 3 aliphatic carbocycles. The van der Waals surface area contributed by atoms with Crippen LogP contribution >= 0.6 is 0 Å². The maximum atomic E-state index is 2.57. The monoisotopic (exact) mass is 731 g/mol. The van der Waals surface area contributed by atoms with Crippen molar-refractivity contribution < 1.29 is 0 Å². The van der Waals surface area contributed by atoms with Gasteiger partial charge in [0.1, 0.15) is 0 Å². The molecular weight excluding hydrogens is 699 g/mol. The third kappa shape index (κ3) is 3.68. The Kier molecular flexibility index (Phi) is 5.76. The fraction of sp³-hybridized carbons (Fsp3) is 0.0175. The van der Waals surface area contributed by atoms with Gasteiger partial charge in [-0.15, -0.1) is 0 Å². The molecule has 0 radical (unpaired) electrons. The molecule has 1 spiro atoms. The number of rotatable bonds is 2. The zero-order valence-electron chi connectivity index (χ0n) is 31.5. The van der Waals surface area contributed by atoms with Gasteiger partial charge in [0.15, 0.2) is 0 Å². The highest BCUT2D eigenvalue weighted by Gasteiger charge is 2.52. The van der Waals surface area contributed by atoms with Crippen LogP contribution in [0.2, 0.25) is 0 Å². The van der Waals surface area contributed by atoms with E-state index in [0.29, 0.717) is 0 Å². The zero-order valence-corrected chi connectivity index (χ0v) is 31.5. The fourth-order valence-electron chi connectivity index (χ4n) is 11.4. The molecule has 0 fully saturated rings. The van der Waals surface area contributed by atoms with Crippen LogP contribution in [0.3, 0.4) is 0 Å². The summed E-state index contributed by atoms with van der Waals surface area (Å²) in [5.41, 5.74) is 21.8. The summed E-state index contributed by atoms with van der Waals surface area (Å²) in [5, 5.41) is 7.76. The van der Waals surface area contributed by atoms with E-state index in [9.17, 15) is 0 Å². The summed E-state index contributed by atoms with van der Waals surface area (Å²) in [6, 6.07) is 75.5. The van der Waals surface area contributed by atoms with Crippen LogP contribution < -0.4 is 0 Å². The fourth-order valence-corrected chi connectivity index (χ4v) is 11.4. The number of nitrogens with zero attached hydrogens (tertiary/aromatic N) is 1. The predicted molar refractivity (Wildman–Crippen MR) is 242 cm³/mol. The lowest BCUT2D eigenvalue weighted by molar-refractivity contribution is 0.795. The van der Waals surface area contributed by atoms with Gasteiger partial charge in [0.05, 0.1) is 16.4 Å². The Morgan fingerprint density at radius 1 is 0.310 bits per heavy atom. The van der Waals surface area contributed by atoms with Crippen molar-refractivity contribution in [3.05, 3.63) is 222 Å². The first-order valence-corrected chi connectivity index (χ1v) is 20.3. The first-order chi connectivity index (χ1) is 28.8. The van der Waals surface area contributed by atoms with Gasteiger partial charge in [0.25, 0.3) is 0 Å². The number of benzene rings is 10. The molecule has 11 aromatic rings. The summed E-state index contributed by atoms with van der Waals surface area (Å²) in [4.78, 5) is 0. The lowest BCUT2D eigenvalue weighted by atomic mass is 9.69. The molecular formula is C57H33N. The van der Waals surface area contributed by atoms with E-state index >= 15 is 0 Å². The molecule has 1 heteroatoms. The number of hydrogen-bond donors (Lipinski definition) is 0. The molecule has 1 nitrogen and oxygen atoms in total. The van der Waals surface area contributed by atoms with Crippen LogP contribution in [0.5, 0.6) is 0 Å². The van der Waals surface area contributed by atoms with Crippen molar-refractivity contribution in [2.24, 2.45) is 0 Å². The summed E-state index contributed by atoms with van der Waals surface area (Å²) in [6.07, 6.45) is 0. The molecule has 0 amide bonds. The minimum atomic E-state index is -0.456. The summed E-state index contributed by atoms with van der Waals surface area (Å²) < 4.78 is 2.43. The van der Waals surface area contributed by atoms with Crippen molar-refractivity contribution in [3.8, 4) is 61.3 Å². The highest BCUT2D eigenvalue weighted by Crippen LogP contribution is 2.66. The molecule has 3 aliphatic rings. The van der Waals surface area contributed by atoms with Crippen LogP contribution in [0.1, 0.15) is 22.3 Å². The van der Waals surface area contributed by atoms with Crippen LogP contribution in [0.25, 0.3) is 105 Å². The van der Waals surface area contributed by atoms with Gasteiger partial charge in [0.2, 0.25) is 0 Å². The van der Waals surface area contributed by atoms with E-state index in [1.807, 2.05) is 0 Å². The Labute approximate surface area is 335 Å². The molecule has 0 N–H and O–H groups in total. The average Bonchev–Trinajstić information content (AvgIpc) is 3.99. The summed E-state index contributed by atoms with van der Waals surface area (Å²) in [7, 11) is 0. The van der Waals surface area contributed by atoms with Crippen molar-refractivity contribution in [2.75, 3.05) is 0 Å². The number of fused-ring (bicyclic) bond motifs is 18. The maximum absolute atomic E-state index is 2.57. The van der Waals surface area contributed by atoms with Gasteiger partial charge in [-0.05, 0) is 142 Å². The van der Waals surface area contributed by atoms with Gasteiger partial charge in [-0.1, -0.05) is 158 Å². The number of para-hydroxylation sites is 1. The predicted octanol–water partition coefficient (Wildman–Crippen LogP) is 14.7. The van der Waals surface area contributed by atoms with Gasteiger partial charge in [-0.2, -0.15) is 0 Å². The normalized spacial score (nSPS) is 15.3. The Bertz CT molecular complexity index is 3640. The van der Waals surface area contributed by atoms with E-state index < -0.39 is 5.41 Å².